The molecule has 1 aromatic rings. The second kappa shape index (κ2) is 5.97. The van der Waals surface area contributed by atoms with Gasteiger partial charge in [-0.3, -0.25) is 4.90 Å². The molecule has 0 saturated carbocycles. The normalized spacial score (nSPS) is 20.7. The third-order valence-corrected chi connectivity index (χ3v) is 3.56. The number of hydrogen-bond donors (Lipinski definition) is 1. The van der Waals surface area contributed by atoms with E-state index in [9.17, 15) is 4.39 Å². The summed E-state index contributed by atoms with van der Waals surface area (Å²) in [5.74, 6) is -0.295. The van der Waals surface area contributed by atoms with Crippen LogP contribution in [-0.4, -0.2) is 37.2 Å². The predicted molar refractivity (Wildman–Crippen MR) is 70.2 cm³/mol. The molecule has 1 aliphatic rings. The zero-order valence-corrected chi connectivity index (χ0v) is 11.2. The topological polar surface area (TPSA) is 38.5 Å². The summed E-state index contributed by atoms with van der Waals surface area (Å²) in [6, 6.07) is 4.34. The van der Waals surface area contributed by atoms with Crippen molar-refractivity contribution in [2.24, 2.45) is 5.73 Å². The molecule has 2 unspecified atom stereocenters. The van der Waals surface area contributed by atoms with Crippen molar-refractivity contribution in [1.82, 2.24) is 4.90 Å². The number of nitrogens with zero attached hydrogens (tertiary/aromatic N) is 1. The van der Waals surface area contributed by atoms with Crippen molar-refractivity contribution in [3.8, 4) is 0 Å². The average molecular weight is 273 g/mol. The van der Waals surface area contributed by atoms with Gasteiger partial charge in [-0.1, -0.05) is 17.7 Å². The minimum Gasteiger partial charge on any atom is -0.379 e. The standard InChI is InChI=1S/C13H18ClFN2O/c1-9(16)13(17-5-7-18-8-6-17)12-10(14)3-2-4-11(12)15/h2-4,9,13H,5-8,16H2,1H3. The van der Waals surface area contributed by atoms with Crippen LogP contribution in [0.25, 0.3) is 0 Å². The average Bonchev–Trinajstić information content (AvgIpc) is 2.34. The van der Waals surface area contributed by atoms with Crippen LogP contribution < -0.4 is 5.73 Å². The van der Waals surface area contributed by atoms with Crippen molar-refractivity contribution in [2.75, 3.05) is 26.3 Å². The zero-order valence-electron chi connectivity index (χ0n) is 10.4. The van der Waals surface area contributed by atoms with E-state index in [-0.39, 0.29) is 17.9 Å². The Labute approximate surface area is 112 Å². The zero-order chi connectivity index (χ0) is 13.1. The minimum absolute atomic E-state index is 0.197. The summed E-state index contributed by atoms with van der Waals surface area (Å²) in [5, 5.41) is 0.434. The van der Waals surface area contributed by atoms with Crippen LogP contribution in [0.1, 0.15) is 18.5 Å². The molecule has 2 N–H and O–H groups in total. The van der Waals surface area contributed by atoms with E-state index in [1.54, 1.807) is 12.1 Å². The van der Waals surface area contributed by atoms with E-state index < -0.39 is 0 Å². The van der Waals surface area contributed by atoms with E-state index in [1.807, 2.05) is 6.92 Å². The first-order valence-corrected chi connectivity index (χ1v) is 6.50. The van der Waals surface area contributed by atoms with Crippen molar-refractivity contribution in [3.05, 3.63) is 34.6 Å². The van der Waals surface area contributed by atoms with Gasteiger partial charge in [0.25, 0.3) is 0 Å². The van der Waals surface area contributed by atoms with Gasteiger partial charge in [0.15, 0.2) is 0 Å². The summed E-state index contributed by atoms with van der Waals surface area (Å²) in [6.45, 7) is 4.67. The maximum absolute atomic E-state index is 14.0. The molecule has 3 nitrogen and oxygen atoms in total. The van der Waals surface area contributed by atoms with Gasteiger partial charge in [-0.15, -0.1) is 0 Å². The van der Waals surface area contributed by atoms with Gasteiger partial charge in [0.1, 0.15) is 5.82 Å². The molecule has 0 aromatic heterocycles. The maximum Gasteiger partial charge on any atom is 0.129 e. The van der Waals surface area contributed by atoms with E-state index in [1.165, 1.54) is 6.07 Å². The number of ether oxygens (including phenoxy) is 1. The Kier molecular flexibility index (Phi) is 4.56. The fourth-order valence-electron chi connectivity index (χ4n) is 2.43. The quantitative estimate of drug-likeness (QED) is 0.917. The van der Waals surface area contributed by atoms with Crippen LogP contribution in [0.5, 0.6) is 0 Å². The molecular weight excluding hydrogens is 255 g/mol. The summed E-state index contributed by atoms with van der Waals surface area (Å²) in [5.41, 5.74) is 6.53. The fourth-order valence-corrected chi connectivity index (χ4v) is 2.70. The summed E-state index contributed by atoms with van der Waals surface area (Å²) < 4.78 is 19.3. The Morgan fingerprint density at radius 1 is 1.39 bits per heavy atom. The highest BCUT2D eigenvalue weighted by Gasteiger charge is 2.29. The first-order valence-electron chi connectivity index (χ1n) is 6.12. The molecule has 1 fully saturated rings. The highest BCUT2D eigenvalue weighted by atomic mass is 35.5. The molecular formula is C13H18ClFN2O. The Morgan fingerprint density at radius 3 is 2.61 bits per heavy atom. The van der Waals surface area contributed by atoms with Crippen LogP contribution >= 0.6 is 11.6 Å². The molecule has 5 heteroatoms. The summed E-state index contributed by atoms with van der Waals surface area (Å²) in [7, 11) is 0. The molecule has 2 atom stereocenters. The van der Waals surface area contributed by atoms with E-state index in [4.69, 9.17) is 22.1 Å². The van der Waals surface area contributed by atoms with Crippen LogP contribution in [0.4, 0.5) is 4.39 Å². The second-order valence-corrected chi connectivity index (χ2v) is 4.99. The number of hydrogen-bond acceptors (Lipinski definition) is 3. The fraction of sp³-hybridized carbons (Fsp3) is 0.538. The van der Waals surface area contributed by atoms with E-state index in [0.29, 0.717) is 23.8 Å². The number of rotatable bonds is 3. The molecule has 0 spiro atoms. The molecule has 18 heavy (non-hydrogen) atoms. The Balaban J connectivity index is 2.34. The molecule has 1 heterocycles. The van der Waals surface area contributed by atoms with Crippen LogP contribution in [0, 0.1) is 5.82 Å². The summed E-state index contributed by atoms with van der Waals surface area (Å²) >= 11 is 6.13. The largest absolute Gasteiger partial charge is 0.379 e. The molecule has 2 rings (SSSR count). The highest BCUT2D eigenvalue weighted by Crippen LogP contribution is 2.32. The number of benzene rings is 1. The van der Waals surface area contributed by atoms with Gasteiger partial charge in [0.05, 0.1) is 19.3 Å². The van der Waals surface area contributed by atoms with Crippen molar-refractivity contribution >= 4 is 11.6 Å². The first-order chi connectivity index (χ1) is 8.61. The molecule has 0 aliphatic carbocycles. The first kappa shape index (κ1) is 13.7. The van der Waals surface area contributed by atoms with Crippen LogP contribution in [0.15, 0.2) is 18.2 Å². The van der Waals surface area contributed by atoms with Crippen molar-refractivity contribution in [2.45, 2.75) is 19.0 Å². The van der Waals surface area contributed by atoms with Gasteiger partial charge in [-0.25, -0.2) is 4.39 Å². The molecule has 0 amide bonds. The smallest absolute Gasteiger partial charge is 0.129 e. The van der Waals surface area contributed by atoms with Crippen molar-refractivity contribution in [3.63, 3.8) is 0 Å². The van der Waals surface area contributed by atoms with Crippen molar-refractivity contribution < 1.29 is 9.13 Å². The van der Waals surface area contributed by atoms with E-state index in [2.05, 4.69) is 4.90 Å². The Bertz CT molecular complexity index is 388. The van der Waals surface area contributed by atoms with Gasteiger partial charge >= 0.3 is 0 Å². The summed E-state index contributed by atoms with van der Waals surface area (Å²) in [4.78, 5) is 2.14. The Hall–Kier alpha value is -0.680. The highest BCUT2D eigenvalue weighted by molar-refractivity contribution is 6.31. The van der Waals surface area contributed by atoms with E-state index >= 15 is 0 Å². The van der Waals surface area contributed by atoms with E-state index in [0.717, 1.165) is 13.1 Å². The third kappa shape index (κ3) is 2.83. The third-order valence-electron chi connectivity index (χ3n) is 3.23. The molecule has 1 aliphatic heterocycles. The Morgan fingerprint density at radius 2 is 2.06 bits per heavy atom. The lowest BCUT2D eigenvalue weighted by Gasteiger charge is -2.37. The number of halogens is 2. The van der Waals surface area contributed by atoms with Gasteiger partial charge in [0.2, 0.25) is 0 Å². The van der Waals surface area contributed by atoms with Crippen LogP contribution in [0.2, 0.25) is 5.02 Å². The van der Waals surface area contributed by atoms with Gasteiger partial charge in [-0.05, 0) is 19.1 Å². The lowest BCUT2D eigenvalue weighted by molar-refractivity contribution is 0.0109. The lowest BCUT2D eigenvalue weighted by Crippen LogP contribution is -2.45. The molecule has 100 valence electrons. The number of morpholine rings is 1. The van der Waals surface area contributed by atoms with Crippen LogP contribution in [-0.2, 0) is 4.74 Å². The van der Waals surface area contributed by atoms with Crippen molar-refractivity contribution in [1.29, 1.82) is 0 Å². The molecule has 0 bridgehead atoms. The summed E-state index contributed by atoms with van der Waals surface area (Å²) in [6.07, 6.45) is 0. The maximum atomic E-state index is 14.0. The van der Waals surface area contributed by atoms with Gasteiger partial charge < -0.3 is 10.5 Å². The monoisotopic (exact) mass is 272 g/mol. The molecule has 1 saturated heterocycles. The predicted octanol–water partition coefficient (Wildman–Crippen LogP) is 2.20. The van der Waals surface area contributed by atoms with Gasteiger partial charge in [-0.2, -0.15) is 0 Å². The molecule has 1 aromatic carbocycles. The minimum atomic E-state index is -0.295. The number of nitrogens with two attached hydrogens (primary N) is 1. The second-order valence-electron chi connectivity index (χ2n) is 4.59. The SMILES string of the molecule is CC(N)C(c1c(F)cccc1Cl)N1CCOCC1. The van der Waals surface area contributed by atoms with Gasteiger partial charge in [0, 0.05) is 29.7 Å². The molecule has 0 radical (unpaired) electrons. The van der Waals surface area contributed by atoms with Crippen LogP contribution in [0.3, 0.4) is 0 Å². The lowest BCUT2D eigenvalue weighted by atomic mass is 9.98.